The van der Waals surface area contributed by atoms with E-state index >= 15 is 0 Å². The number of nitrogens with zero attached hydrogens (tertiary/aromatic N) is 3. The molecular weight excluding hydrogens is 374 g/mol. The Kier molecular flexibility index (Phi) is 5.25. The van der Waals surface area contributed by atoms with E-state index in [1.807, 2.05) is 34.5 Å². The van der Waals surface area contributed by atoms with E-state index in [2.05, 4.69) is 9.97 Å². The van der Waals surface area contributed by atoms with Crippen LogP contribution in [-0.4, -0.2) is 41.5 Å². The number of benzene rings is 1. The van der Waals surface area contributed by atoms with Crippen LogP contribution in [-0.2, 0) is 24.2 Å². The number of carbonyl (C=O) groups is 1. The van der Waals surface area contributed by atoms with E-state index in [1.165, 1.54) is 16.9 Å². The van der Waals surface area contributed by atoms with Crippen molar-refractivity contribution in [2.75, 3.05) is 20.8 Å². The second kappa shape index (κ2) is 7.98. The molecule has 6 nitrogen and oxygen atoms in total. The predicted molar refractivity (Wildman–Crippen MR) is 108 cm³/mol. The van der Waals surface area contributed by atoms with Gasteiger partial charge in [0.05, 0.1) is 26.3 Å². The van der Waals surface area contributed by atoms with E-state index in [-0.39, 0.29) is 5.91 Å². The lowest BCUT2D eigenvalue weighted by molar-refractivity contribution is -0.131. The molecule has 1 aliphatic rings. The minimum Gasteiger partial charge on any atom is -0.493 e. The Bertz CT molecular complexity index is 988. The number of methoxy groups -OCH3 is 2. The molecule has 0 saturated carbocycles. The van der Waals surface area contributed by atoms with Crippen LogP contribution in [0, 0.1) is 0 Å². The van der Waals surface area contributed by atoms with Gasteiger partial charge in [0.1, 0.15) is 5.01 Å². The van der Waals surface area contributed by atoms with Crippen molar-refractivity contribution in [2.45, 2.75) is 19.4 Å². The first-order chi connectivity index (χ1) is 13.7. The van der Waals surface area contributed by atoms with Gasteiger partial charge >= 0.3 is 0 Å². The standard InChI is InChI=1S/C21H21N3O3S/c1-26-18-8-14-5-7-24(12-16(14)9-19(18)27-2)20(25)10-17-13-28-21(23-17)15-4-3-6-22-11-15/h3-4,6,8-9,11,13H,5,7,10,12H2,1-2H3. The van der Waals surface area contributed by atoms with Gasteiger partial charge in [-0.05, 0) is 41.8 Å². The van der Waals surface area contributed by atoms with E-state index in [0.717, 1.165) is 34.0 Å². The maximum atomic E-state index is 12.8. The summed E-state index contributed by atoms with van der Waals surface area (Å²) in [5.74, 6) is 1.51. The van der Waals surface area contributed by atoms with E-state index in [0.29, 0.717) is 25.3 Å². The van der Waals surface area contributed by atoms with Crippen molar-refractivity contribution in [3.63, 3.8) is 0 Å². The molecule has 0 fully saturated rings. The topological polar surface area (TPSA) is 64.6 Å². The highest BCUT2D eigenvalue weighted by Gasteiger charge is 2.23. The van der Waals surface area contributed by atoms with E-state index < -0.39 is 0 Å². The molecule has 144 valence electrons. The van der Waals surface area contributed by atoms with E-state index in [1.54, 1.807) is 26.6 Å². The van der Waals surface area contributed by atoms with Crippen molar-refractivity contribution >= 4 is 17.2 Å². The Balaban J connectivity index is 1.46. The highest BCUT2D eigenvalue weighted by molar-refractivity contribution is 7.13. The van der Waals surface area contributed by atoms with Crippen LogP contribution >= 0.6 is 11.3 Å². The Morgan fingerprint density at radius 2 is 2.00 bits per heavy atom. The number of aromatic nitrogens is 2. The number of fused-ring (bicyclic) bond motifs is 1. The zero-order chi connectivity index (χ0) is 19.5. The number of rotatable bonds is 5. The van der Waals surface area contributed by atoms with Crippen molar-refractivity contribution in [3.05, 3.63) is 58.9 Å². The van der Waals surface area contributed by atoms with Crippen molar-refractivity contribution in [3.8, 4) is 22.1 Å². The van der Waals surface area contributed by atoms with Gasteiger partial charge in [-0.1, -0.05) is 0 Å². The highest BCUT2D eigenvalue weighted by Crippen LogP contribution is 2.33. The Morgan fingerprint density at radius 3 is 2.71 bits per heavy atom. The molecule has 3 aromatic rings. The average Bonchev–Trinajstić information content (AvgIpc) is 3.21. The number of hydrogen-bond donors (Lipinski definition) is 0. The maximum Gasteiger partial charge on any atom is 0.228 e. The monoisotopic (exact) mass is 395 g/mol. The zero-order valence-corrected chi connectivity index (χ0v) is 16.7. The van der Waals surface area contributed by atoms with Gasteiger partial charge in [-0.25, -0.2) is 4.98 Å². The minimum absolute atomic E-state index is 0.0865. The third-order valence-corrected chi connectivity index (χ3v) is 5.80. The largest absolute Gasteiger partial charge is 0.493 e. The minimum atomic E-state index is 0.0865. The van der Waals surface area contributed by atoms with Crippen molar-refractivity contribution < 1.29 is 14.3 Å². The van der Waals surface area contributed by atoms with Crippen molar-refractivity contribution in [1.29, 1.82) is 0 Å². The SMILES string of the molecule is COc1cc2c(cc1OC)CN(C(=O)Cc1csc(-c3cccnc3)n1)CC2. The Morgan fingerprint density at radius 1 is 1.21 bits per heavy atom. The summed E-state index contributed by atoms with van der Waals surface area (Å²) in [5, 5.41) is 2.84. The first-order valence-corrected chi connectivity index (χ1v) is 9.92. The third kappa shape index (κ3) is 3.71. The predicted octanol–water partition coefficient (Wildman–Crippen LogP) is 3.35. The van der Waals surface area contributed by atoms with Gasteiger partial charge in [-0.15, -0.1) is 11.3 Å². The summed E-state index contributed by atoms with van der Waals surface area (Å²) in [6, 6.07) is 7.84. The molecule has 1 amide bonds. The summed E-state index contributed by atoms with van der Waals surface area (Å²) in [7, 11) is 3.26. The normalized spacial score (nSPS) is 13.1. The van der Waals surface area contributed by atoms with Gasteiger partial charge in [-0.2, -0.15) is 0 Å². The fourth-order valence-electron chi connectivity index (χ4n) is 3.37. The molecule has 1 aliphatic heterocycles. The molecule has 0 N–H and O–H groups in total. The second-order valence-corrected chi connectivity index (χ2v) is 7.46. The molecule has 4 rings (SSSR count). The van der Waals surface area contributed by atoms with Gasteiger partial charge < -0.3 is 14.4 Å². The van der Waals surface area contributed by atoms with Crippen LogP contribution in [0.3, 0.4) is 0 Å². The second-order valence-electron chi connectivity index (χ2n) is 6.60. The summed E-state index contributed by atoms with van der Waals surface area (Å²) in [6.07, 6.45) is 4.63. The molecule has 0 unspecified atom stereocenters. The van der Waals surface area contributed by atoms with Gasteiger partial charge in [0.15, 0.2) is 11.5 Å². The summed E-state index contributed by atoms with van der Waals surface area (Å²) in [6.45, 7) is 1.27. The van der Waals surface area contributed by atoms with Gasteiger partial charge in [0.2, 0.25) is 5.91 Å². The van der Waals surface area contributed by atoms with Gasteiger partial charge in [0, 0.05) is 36.4 Å². The van der Waals surface area contributed by atoms with E-state index in [4.69, 9.17) is 9.47 Å². The third-order valence-electron chi connectivity index (χ3n) is 4.86. The lowest BCUT2D eigenvalue weighted by Gasteiger charge is -2.29. The molecule has 1 aromatic carbocycles. The molecule has 0 spiro atoms. The lowest BCUT2D eigenvalue weighted by atomic mass is 9.98. The smallest absolute Gasteiger partial charge is 0.228 e. The first kappa shape index (κ1) is 18.4. The van der Waals surface area contributed by atoms with Crippen molar-refractivity contribution in [2.24, 2.45) is 0 Å². The lowest BCUT2D eigenvalue weighted by Crippen LogP contribution is -2.37. The molecule has 3 heterocycles. The number of carbonyl (C=O) groups excluding carboxylic acids is 1. The Labute approximate surface area is 167 Å². The molecule has 0 bridgehead atoms. The van der Waals surface area contributed by atoms with Gasteiger partial charge in [0.25, 0.3) is 0 Å². The van der Waals surface area contributed by atoms with E-state index in [9.17, 15) is 4.79 Å². The number of amides is 1. The molecule has 0 saturated heterocycles. The summed E-state index contributed by atoms with van der Waals surface area (Å²) in [5.41, 5.74) is 4.08. The van der Waals surface area contributed by atoms with Gasteiger partial charge in [-0.3, -0.25) is 9.78 Å². The summed E-state index contributed by atoms with van der Waals surface area (Å²) >= 11 is 1.54. The highest BCUT2D eigenvalue weighted by atomic mass is 32.1. The van der Waals surface area contributed by atoms with Crippen LogP contribution in [0.5, 0.6) is 11.5 Å². The molecular formula is C21H21N3O3S. The molecule has 0 aliphatic carbocycles. The number of ether oxygens (including phenoxy) is 2. The van der Waals surface area contributed by atoms with Crippen LogP contribution < -0.4 is 9.47 Å². The fourth-order valence-corrected chi connectivity index (χ4v) is 4.18. The average molecular weight is 395 g/mol. The number of pyridine rings is 1. The number of thiazole rings is 1. The van der Waals surface area contributed by atoms with Crippen LogP contribution in [0.2, 0.25) is 0 Å². The maximum absolute atomic E-state index is 12.8. The molecule has 0 radical (unpaired) electrons. The molecule has 28 heavy (non-hydrogen) atoms. The Hall–Kier alpha value is -2.93. The number of hydrogen-bond acceptors (Lipinski definition) is 6. The summed E-state index contributed by atoms with van der Waals surface area (Å²) in [4.78, 5) is 23.4. The fraction of sp³-hybridized carbons (Fsp3) is 0.286. The van der Waals surface area contributed by atoms with Crippen LogP contribution in [0.15, 0.2) is 42.0 Å². The van der Waals surface area contributed by atoms with Crippen LogP contribution in [0.25, 0.3) is 10.6 Å². The first-order valence-electron chi connectivity index (χ1n) is 9.04. The summed E-state index contributed by atoms with van der Waals surface area (Å²) < 4.78 is 10.8. The van der Waals surface area contributed by atoms with Crippen LogP contribution in [0.4, 0.5) is 0 Å². The molecule has 7 heteroatoms. The quantitative estimate of drug-likeness (QED) is 0.663. The van der Waals surface area contributed by atoms with Crippen LogP contribution in [0.1, 0.15) is 16.8 Å². The molecule has 0 atom stereocenters. The van der Waals surface area contributed by atoms with Crippen molar-refractivity contribution in [1.82, 2.24) is 14.9 Å². The zero-order valence-electron chi connectivity index (χ0n) is 15.8. The molecule has 2 aromatic heterocycles.